The summed E-state index contributed by atoms with van der Waals surface area (Å²) in [6, 6.07) is 20.4. The van der Waals surface area contributed by atoms with Gasteiger partial charge in [-0.3, -0.25) is 14.4 Å². The summed E-state index contributed by atoms with van der Waals surface area (Å²) in [5.74, 6) is -1.37. The van der Waals surface area contributed by atoms with Crippen LogP contribution in [0.2, 0.25) is 0 Å². The molecule has 0 bridgehead atoms. The maximum atomic E-state index is 13.7. The number of unbranched alkanes of at least 4 members (excludes halogenated alkanes) is 2. The number of hydrogen-bond donors (Lipinski definition) is 6. The molecular formula is C55H54N6O12S. The van der Waals surface area contributed by atoms with Crippen LogP contribution >= 0.6 is 11.3 Å². The van der Waals surface area contributed by atoms with Crippen LogP contribution in [0.1, 0.15) is 99.5 Å². The first-order valence-electron chi connectivity index (χ1n) is 23.7. The smallest absolute Gasteiger partial charge is 0.415 e. The molecular weight excluding hydrogens is 969 g/mol. The number of thiazole rings is 1. The number of benzene rings is 5. The molecule has 0 aliphatic carbocycles. The van der Waals surface area contributed by atoms with Crippen molar-refractivity contribution in [1.82, 2.24) is 25.4 Å². The molecule has 0 fully saturated rings. The number of phenols is 4. The molecule has 382 valence electrons. The number of aromatic nitrogens is 1. The van der Waals surface area contributed by atoms with E-state index in [-0.39, 0.29) is 124 Å². The molecule has 5 aromatic carbocycles. The van der Waals surface area contributed by atoms with Crippen molar-refractivity contribution in [3.05, 3.63) is 127 Å². The molecule has 0 radical (unpaired) electrons. The number of ether oxygens (including phenoxy) is 3. The first kappa shape index (κ1) is 51.7. The Morgan fingerprint density at radius 3 is 2.20 bits per heavy atom. The van der Waals surface area contributed by atoms with Gasteiger partial charge in [0.25, 0.3) is 5.91 Å². The Bertz CT molecular complexity index is 3370. The highest BCUT2D eigenvalue weighted by molar-refractivity contribution is 7.19. The van der Waals surface area contributed by atoms with E-state index in [1.807, 2.05) is 6.07 Å². The average Bonchev–Trinajstić information content (AvgIpc) is 3.91. The van der Waals surface area contributed by atoms with Gasteiger partial charge in [0.2, 0.25) is 11.8 Å². The van der Waals surface area contributed by atoms with Gasteiger partial charge in [-0.15, -0.1) is 11.3 Å². The number of amides is 4. The zero-order chi connectivity index (χ0) is 53.2. The average molecular weight is 1020 g/mol. The van der Waals surface area contributed by atoms with Gasteiger partial charge in [0.15, 0.2) is 10.6 Å². The quantitative estimate of drug-likeness (QED) is 0.0327. The van der Waals surface area contributed by atoms with Gasteiger partial charge in [-0.2, -0.15) is 5.26 Å². The molecule has 6 N–H and O–H groups in total. The number of nitrogens with zero attached hydrogens (tertiary/aromatic N) is 4. The van der Waals surface area contributed by atoms with Crippen molar-refractivity contribution in [2.45, 2.75) is 63.9 Å². The molecule has 0 saturated heterocycles. The molecule has 4 amide bonds. The van der Waals surface area contributed by atoms with Gasteiger partial charge in [0.05, 0.1) is 15.8 Å². The summed E-state index contributed by atoms with van der Waals surface area (Å²) < 4.78 is 18.5. The number of aromatic hydroxyl groups is 4. The Kier molecular flexibility index (Phi) is 14.6. The number of likely N-dealkylation sites (N-methyl/N-ethyl adjacent to an activating group) is 1. The van der Waals surface area contributed by atoms with Crippen molar-refractivity contribution < 1.29 is 58.6 Å². The third-order valence-corrected chi connectivity index (χ3v) is 14.3. The summed E-state index contributed by atoms with van der Waals surface area (Å²) in [7, 11) is 1.61. The predicted molar refractivity (Wildman–Crippen MR) is 274 cm³/mol. The molecule has 3 heterocycles. The van der Waals surface area contributed by atoms with E-state index in [4.69, 9.17) is 14.2 Å². The maximum Gasteiger partial charge on any atom is 0.415 e. The van der Waals surface area contributed by atoms with E-state index in [2.05, 4.69) is 28.8 Å². The van der Waals surface area contributed by atoms with Gasteiger partial charge in [0, 0.05) is 120 Å². The lowest BCUT2D eigenvalue weighted by Gasteiger charge is -2.36. The fourth-order valence-corrected chi connectivity index (χ4v) is 10.1. The third kappa shape index (κ3) is 10.2. The number of phenolic OH excluding ortho intramolecular Hbond substituents is 4. The molecule has 2 aliphatic rings. The number of carbonyl (C=O) groups excluding carboxylic acids is 5. The van der Waals surface area contributed by atoms with Crippen molar-refractivity contribution in [1.29, 1.82) is 5.26 Å². The summed E-state index contributed by atoms with van der Waals surface area (Å²) >= 11 is 1.17. The molecule has 6 aromatic rings. The number of nitrogens with one attached hydrogen (secondary N) is 2. The molecule has 1 aromatic heterocycles. The van der Waals surface area contributed by atoms with Crippen molar-refractivity contribution in [3.8, 4) is 46.3 Å². The van der Waals surface area contributed by atoms with Gasteiger partial charge in [-0.1, -0.05) is 39.5 Å². The summed E-state index contributed by atoms with van der Waals surface area (Å²) in [4.78, 5) is 74.1. The Morgan fingerprint density at radius 1 is 0.838 bits per heavy atom. The molecule has 8 rings (SSSR count). The van der Waals surface area contributed by atoms with Crippen molar-refractivity contribution in [2.24, 2.45) is 0 Å². The van der Waals surface area contributed by atoms with Crippen LogP contribution in [-0.4, -0.2) is 105 Å². The number of nitriles is 1. The summed E-state index contributed by atoms with van der Waals surface area (Å²) in [5.41, 5.74) is 0.573. The minimum atomic E-state index is -1.47. The molecule has 2 aliphatic heterocycles. The van der Waals surface area contributed by atoms with E-state index in [0.717, 1.165) is 0 Å². The molecule has 0 saturated carbocycles. The van der Waals surface area contributed by atoms with E-state index < -0.39 is 29.0 Å². The van der Waals surface area contributed by atoms with Gasteiger partial charge >= 0.3 is 12.1 Å². The highest BCUT2D eigenvalue weighted by Crippen LogP contribution is 2.57. The van der Waals surface area contributed by atoms with Crippen molar-refractivity contribution in [3.63, 3.8) is 0 Å². The summed E-state index contributed by atoms with van der Waals surface area (Å²) in [5, 5.41) is 57.6. The van der Waals surface area contributed by atoms with E-state index >= 15 is 0 Å². The lowest BCUT2D eigenvalue weighted by molar-refractivity contribution is -0.131. The third-order valence-electron chi connectivity index (χ3n) is 13.3. The normalized spacial score (nSPS) is 12.9. The second kappa shape index (κ2) is 20.8. The molecule has 1 spiro atoms. The zero-order valence-electron chi connectivity index (χ0n) is 41.2. The first-order chi connectivity index (χ1) is 35.2. The molecule has 19 heteroatoms. The van der Waals surface area contributed by atoms with E-state index in [1.165, 1.54) is 51.5 Å². The van der Waals surface area contributed by atoms with E-state index in [1.54, 1.807) is 70.3 Å². The highest BCUT2D eigenvalue weighted by Gasteiger charge is 2.54. The Hall–Kier alpha value is -8.63. The van der Waals surface area contributed by atoms with Crippen LogP contribution in [0.3, 0.4) is 0 Å². The topological polar surface area (TPSA) is 261 Å². The Balaban J connectivity index is 0.830. The lowest BCUT2D eigenvalue weighted by Crippen LogP contribution is -2.42. The van der Waals surface area contributed by atoms with Crippen molar-refractivity contribution >= 4 is 64.5 Å². The van der Waals surface area contributed by atoms with Gasteiger partial charge in [-0.05, 0) is 68.3 Å². The minimum absolute atomic E-state index is 0.0568. The van der Waals surface area contributed by atoms with Crippen LogP contribution in [0.5, 0.6) is 40.2 Å². The summed E-state index contributed by atoms with van der Waals surface area (Å²) in [6.45, 7) is 13.7. The number of carbonyl (C=O) groups is 5. The van der Waals surface area contributed by atoms with Gasteiger partial charge in [-0.25, -0.2) is 14.6 Å². The molecule has 0 unspecified atom stereocenters. The van der Waals surface area contributed by atoms with Crippen LogP contribution < -0.4 is 30.5 Å². The summed E-state index contributed by atoms with van der Waals surface area (Å²) in [6.07, 6.45) is 0.996. The number of rotatable bonds is 17. The number of hydrogen-bond acceptors (Lipinski definition) is 15. The highest BCUT2D eigenvalue weighted by atomic mass is 32.1. The fraction of sp³-hybridized carbons (Fsp3) is 0.291. The van der Waals surface area contributed by atoms with Gasteiger partial charge in [0.1, 0.15) is 46.3 Å². The molecule has 74 heavy (non-hydrogen) atoms. The number of fused-ring (bicyclic) bond motifs is 7. The first-order valence-corrected chi connectivity index (χ1v) is 24.6. The number of esters is 1. The molecule has 0 atom stereocenters. The lowest BCUT2D eigenvalue weighted by atomic mass is 9.77. The van der Waals surface area contributed by atoms with E-state index in [9.17, 15) is 49.7 Å². The maximum absolute atomic E-state index is 13.7. The second-order valence-electron chi connectivity index (χ2n) is 18.9. The van der Waals surface area contributed by atoms with Crippen LogP contribution in [0, 0.1) is 18.3 Å². The van der Waals surface area contributed by atoms with Crippen LogP contribution in [0.25, 0.3) is 23.4 Å². The van der Waals surface area contributed by atoms with Gasteiger partial charge < -0.3 is 55.1 Å². The van der Waals surface area contributed by atoms with Crippen LogP contribution in [0.15, 0.2) is 72.8 Å². The zero-order valence-corrected chi connectivity index (χ0v) is 42.0. The Labute approximate surface area is 429 Å². The second-order valence-corrected chi connectivity index (χ2v) is 19.9. The van der Waals surface area contributed by atoms with Crippen LogP contribution in [0.4, 0.5) is 4.79 Å². The minimum Gasteiger partial charge on any atom is -0.508 e. The SMILES string of the molecule is C=c1c(C)c(O)c(=C)c(C(C)(C)CC(=O)N(C)CCN(CCCCCC(=O)NCCNC(=O)c2ccc3c(c2)C(=O)OC32c3ccc(O)cc3Oc3cc(O)ccc32)C(=O)Oc2ccc3nc(C#N)sc3c2)c1O. The largest absolute Gasteiger partial charge is 0.508 e. The fourth-order valence-electron chi connectivity index (χ4n) is 9.34. The monoisotopic (exact) mass is 1020 g/mol. The van der Waals surface area contributed by atoms with Crippen molar-refractivity contribution in [2.75, 3.05) is 39.8 Å². The van der Waals surface area contributed by atoms with Crippen LogP contribution in [-0.2, 0) is 25.3 Å². The predicted octanol–water partition coefficient (Wildman–Crippen LogP) is 6.42. The Morgan fingerprint density at radius 2 is 1.51 bits per heavy atom. The molecule has 18 nitrogen and oxygen atoms in total. The standard InChI is InChI=1S/C55H54N6O12S/c1-30-31(2)50(67)48(32(3)49(30)66)54(4,5)28-47(65)60(6)22-23-61(53(70)71-36-14-18-41-44(27-36)74-46(29-56)59-41)21-9-7-8-10-45(64)57-19-20-58-51(68)33-11-15-38-37(24-33)52(69)73-55(38)39-16-12-34(62)25-42(39)72-43-26-35(63)13-17-40(43)55/h11-18,24-27,62-63,66-67H,2-3,7-10,19-23,28H2,1,4-6H3,(H,57,64)(H,58,68). The van der Waals surface area contributed by atoms with E-state index in [0.29, 0.717) is 57.3 Å².